The van der Waals surface area contributed by atoms with E-state index >= 15 is 0 Å². The number of benzene rings is 2. The Morgan fingerprint density at radius 2 is 1.52 bits per heavy atom. The Morgan fingerprint density at radius 1 is 0.931 bits per heavy atom. The first-order valence-corrected chi connectivity index (χ1v) is 9.76. The molecule has 5 nitrogen and oxygen atoms in total. The van der Waals surface area contributed by atoms with Crippen LogP contribution in [0, 0.1) is 11.6 Å². The average molecular weight is 406 g/mol. The molecule has 1 heterocycles. The molecule has 2 aromatic carbocycles. The third-order valence-corrected chi connectivity index (χ3v) is 5.44. The zero-order valence-electron chi connectivity index (χ0n) is 16.9. The van der Waals surface area contributed by atoms with Gasteiger partial charge in [-0.25, -0.2) is 8.78 Å². The first-order valence-electron chi connectivity index (χ1n) is 9.76. The fourth-order valence-corrected chi connectivity index (χ4v) is 3.76. The highest BCUT2D eigenvalue weighted by atomic mass is 19.1. The van der Waals surface area contributed by atoms with Crippen LogP contribution in [0.25, 0.3) is 0 Å². The number of hydrogen-bond donors (Lipinski definition) is 1. The third-order valence-electron chi connectivity index (χ3n) is 5.44. The molecule has 0 aromatic heterocycles. The standard InChI is InChI=1S/C22H28F2N2O3/c1-28-19-5-3-16(21(23)11-19)13-25-8-9-26(18(15-25)7-10-27)14-17-4-6-20(29-2)12-22(17)24/h3-6,11-12,18,27H,7-10,13-15H2,1-2H3/t18-/m0/s1. The Kier molecular flexibility index (Phi) is 7.41. The molecule has 29 heavy (non-hydrogen) atoms. The summed E-state index contributed by atoms with van der Waals surface area (Å²) in [6, 6.07) is 9.84. The lowest BCUT2D eigenvalue weighted by Gasteiger charge is -2.41. The molecule has 1 atom stereocenters. The van der Waals surface area contributed by atoms with Crippen LogP contribution in [-0.2, 0) is 13.1 Å². The molecule has 1 fully saturated rings. The maximum atomic E-state index is 14.4. The molecule has 0 amide bonds. The molecule has 2 aromatic rings. The van der Waals surface area contributed by atoms with Crippen LogP contribution in [0.15, 0.2) is 36.4 Å². The van der Waals surface area contributed by atoms with E-state index in [1.54, 1.807) is 24.3 Å². The molecule has 1 aliphatic rings. The van der Waals surface area contributed by atoms with E-state index in [0.29, 0.717) is 55.2 Å². The Balaban J connectivity index is 1.66. The van der Waals surface area contributed by atoms with Crippen LogP contribution < -0.4 is 9.47 Å². The van der Waals surface area contributed by atoms with E-state index in [1.165, 1.54) is 26.4 Å². The number of piperazine rings is 1. The fraction of sp³-hybridized carbons (Fsp3) is 0.455. The van der Waals surface area contributed by atoms with Crippen LogP contribution in [0.2, 0.25) is 0 Å². The maximum Gasteiger partial charge on any atom is 0.131 e. The van der Waals surface area contributed by atoms with Crippen molar-refractivity contribution in [2.45, 2.75) is 25.6 Å². The lowest BCUT2D eigenvalue weighted by Crippen LogP contribution is -2.52. The second-order valence-electron chi connectivity index (χ2n) is 7.29. The molecular formula is C22H28F2N2O3. The van der Waals surface area contributed by atoms with Crippen LogP contribution in [0.4, 0.5) is 8.78 Å². The van der Waals surface area contributed by atoms with Crippen molar-refractivity contribution < 1.29 is 23.4 Å². The summed E-state index contributed by atoms with van der Waals surface area (Å²) in [5.74, 6) is 0.404. The number of nitrogens with zero attached hydrogens (tertiary/aromatic N) is 2. The van der Waals surface area contributed by atoms with Gasteiger partial charge in [-0.1, -0.05) is 12.1 Å². The Labute approximate surface area is 170 Å². The zero-order valence-corrected chi connectivity index (χ0v) is 16.9. The second kappa shape index (κ2) is 10.0. The van der Waals surface area contributed by atoms with E-state index < -0.39 is 0 Å². The minimum atomic E-state index is -0.296. The quantitative estimate of drug-likeness (QED) is 0.730. The van der Waals surface area contributed by atoms with Crippen LogP contribution in [0.3, 0.4) is 0 Å². The monoisotopic (exact) mass is 406 g/mol. The Hall–Kier alpha value is -2.22. The van der Waals surface area contributed by atoms with Crippen LogP contribution >= 0.6 is 0 Å². The average Bonchev–Trinajstić information content (AvgIpc) is 2.72. The van der Waals surface area contributed by atoms with Crippen molar-refractivity contribution >= 4 is 0 Å². The second-order valence-corrected chi connectivity index (χ2v) is 7.29. The van der Waals surface area contributed by atoms with Crippen LogP contribution in [-0.4, -0.2) is 61.4 Å². The number of methoxy groups -OCH3 is 2. The van der Waals surface area contributed by atoms with E-state index in [2.05, 4.69) is 9.80 Å². The topological polar surface area (TPSA) is 45.2 Å². The predicted molar refractivity (Wildman–Crippen MR) is 107 cm³/mol. The van der Waals surface area contributed by atoms with Crippen molar-refractivity contribution in [2.24, 2.45) is 0 Å². The van der Waals surface area contributed by atoms with Gasteiger partial charge in [0.25, 0.3) is 0 Å². The molecule has 1 N–H and O–H groups in total. The van der Waals surface area contributed by atoms with E-state index in [0.717, 1.165) is 6.54 Å². The molecule has 0 unspecified atom stereocenters. The van der Waals surface area contributed by atoms with Gasteiger partial charge in [0.15, 0.2) is 0 Å². The van der Waals surface area contributed by atoms with Crippen molar-refractivity contribution in [3.63, 3.8) is 0 Å². The predicted octanol–water partition coefficient (Wildman–Crippen LogP) is 3.05. The normalized spacial score (nSPS) is 18.0. The number of hydrogen-bond acceptors (Lipinski definition) is 5. The molecular weight excluding hydrogens is 378 g/mol. The Morgan fingerprint density at radius 3 is 2.03 bits per heavy atom. The van der Waals surface area contributed by atoms with Gasteiger partial charge < -0.3 is 14.6 Å². The molecule has 7 heteroatoms. The minimum absolute atomic E-state index is 0.0526. The van der Waals surface area contributed by atoms with Gasteiger partial charge in [-0.3, -0.25) is 9.80 Å². The number of aliphatic hydroxyl groups is 1. The number of halogens is 2. The van der Waals surface area contributed by atoms with Gasteiger partial charge in [0.05, 0.1) is 14.2 Å². The van der Waals surface area contributed by atoms with Crippen molar-refractivity contribution in [1.29, 1.82) is 0 Å². The summed E-state index contributed by atoms with van der Waals surface area (Å²) in [5, 5.41) is 9.49. The summed E-state index contributed by atoms with van der Waals surface area (Å²) >= 11 is 0. The molecule has 0 bridgehead atoms. The van der Waals surface area contributed by atoms with Gasteiger partial charge >= 0.3 is 0 Å². The molecule has 3 rings (SSSR count). The Bertz CT molecular complexity index is 819. The lowest BCUT2D eigenvalue weighted by molar-refractivity contribution is 0.0488. The van der Waals surface area contributed by atoms with Crippen molar-refractivity contribution in [3.8, 4) is 11.5 Å². The molecule has 1 saturated heterocycles. The fourth-order valence-electron chi connectivity index (χ4n) is 3.76. The summed E-state index contributed by atoms with van der Waals surface area (Å²) in [7, 11) is 3.02. The van der Waals surface area contributed by atoms with Crippen molar-refractivity contribution in [1.82, 2.24) is 9.80 Å². The van der Waals surface area contributed by atoms with E-state index in [1.807, 2.05) is 0 Å². The van der Waals surface area contributed by atoms with Gasteiger partial charge in [-0.05, 0) is 18.6 Å². The van der Waals surface area contributed by atoms with Gasteiger partial charge in [-0.2, -0.15) is 0 Å². The molecule has 158 valence electrons. The van der Waals surface area contributed by atoms with Crippen LogP contribution in [0.5, 0.6) is 11.5 Å². The number of rotatable bonds is 8. The summed E-state index contributed by atoms with van der Waals surface area (Å²) in [4.78, 5) is 4.36. The summed E-state index contributed by atoms with van der Waals surface area (Å²) in [5.41, 5.74) is 1.21. The first kappa shape index (κ1) is 21.5. The molecule has 0 aliphatic carbocycles. The van der Waals surface area contributed by atoms with Crippen molar-refractivity contribution in [3.05, 3.63) is 59.2 Å². The number of aliphatic hydroxyl groups excluding tert-OH is 1. The van der Waals surface area contributed by atoms with E-state index in [-0.39, 0.29) is 24.3 Å². The van der Waals surface area contributed by atoms with E-state index in [9.17, 15) is 13.9 Å². The lowest BCUT2D eigenvalue weighted by atomic mass is 10.1. The van der Waals surface area contributed by atoms with Gasteiger partial charge in [0.1, 0.15) is 23.1 Å². The summed E-state index contributed by atoms with van der Waals surface area (Å²) < 4.78 is 38.8. The smallest absolute Gasteiger partial charge is 0.131 e. The maximum absolute atomic E-state index is 14.4. The van der Waals surface area contributed by atoms with Crippen molar-refractivity contribution in [2.75, 3.05) is 40.5 Å². The van der Waals surface area contributed by atoms with Crippen LogP contribution in [0.1, 0.15) is 17.5 Å². The minimum Gasteiger partial charge on any atom is -0.497 e. The van der Waals surface area contributed by atoms with Gasteiger partial charge in [0, 0.05) is 68.6 Å². The zero-order chi connectivity index (χ0) is 20.8. The van der Waals surface area contributed by atoms with Gasteiger partial charge in [0.2, 0.25) is 0 Å². The molecule has 0 spiro atoms. The molecule has 0 radical (unpaired) electrons. The summed E-state index contributed by atoms with van der Waals surface area (Å²) in [6.45, 7) is 3.15. The first-order chi connectivity index (χ1) is 14.0. The molecule has 0 saturated carbocycles. The SMILES string of the molecule is COc1ccc(CN2CCN(Cc3ccc(OC)cc3F)[C@@H](CCO)C2)c(F)c1. The van der Waals surface area contributed by atoms with Gasteiger partial charge in [-0.15, -0.1) is 0 Å². The third kappa shape index (κ3) is 5.44. The number of ether oxygens (including phenoxy) is 2. The highest BCUT2D eigenvalue weighted by molar-refractivity contribution is 5.30. The van der Waals surface area contributed by atoms with E-state index in [4.69, 9.17) is 9.47 Å². The summed E-state index contributed by atoms with van der Waals surface area (Å²) in [6.07, 6.45) is 0.583. The highest BCUT2D eigenvalue weighted by Crippen LogP contribution is 2.23. The highest BCUT2D eigenvalue weighted by Gasteiger charge is 2.27. The largest absolute Gasteiger partial charge is 0.497 e. The molecule has 1 aliphatic heterocycles.